The number of methoxy groups -OCH3 is 1. The Balaban J connectivity index is 1.86. The number of aryl methyl sites for hydroxylation is 2. The maximum Gasteiger partial charge on any atom is 0.264 e. The normalized spacial score (nSPS) is 17.4. The third kappa shape index (κ3) is 3.68. The first-order chi connectivity index (χ1) is 11.5. The van der Waals surface area contributed by atoms with E-state index in [9.17, 15) is 4.79 Å². The van der Waals surface area contributed by atoms with Crippen LogP contribution >= 0.6 is 11.8 Å². The molecule has 0 aliphatic carbocycles. The molecule has 1 aliphatic heterocycles. The smallest absolute Gasteiger partial charge is 0.264 e. The molecule has 4 nitrogen and oxygen atoms in total. The highest BCUT2D eigenvalue weighted by Gasteiger charge is 2.24. The van der Waals surface area contributed by atoms with Crippen LogP contribution in [0.15, 0.2) is 52.4 Å². The molecular formula is C19H18N2O2S. The van der Waals surface area contributed by atoms with Gasteiger partial charge in [0.1, 0.15) is 5.75 Å². The molecule has 1 amide bonds. The third-order valence-corrected chi connectivity index (χ3v) is 4.54. The van der Waals surface area contributed by atoms with E-state index in [4.69, 9.17) is 4.74 Å². The summed E-state index contributed by atoms with van der Waals surface area (Å²) in [5, 5.41) is 3.42. The zero-order chi connectivity index (χ0) is 17.1. The zero-order valence-electron chi connectivity index (χ0n) is 13.8. The van der Waals surface area contributed by atoms with Gasteiger partial charge in [-0.1, -0.05) is 24.3 Å². The van der Waals surface area contributed by atoms with Gasteiger partial charge in [0.2, 0.25) is 0 Å². The number of thioether (sulfide) groups is 1. The maximum absolute atomic E-state index is 12.2. The van der Waals surface area contributed by atoms with Crippen molar-refractivity contribution >= 4 is 34.6 Å². The minimum atomic E-state index is -0.133. The molecule has 1 saturated heterocycles. The van der Waals surface area contributed by atoms with Gasteiger partial charge in [-0.15, -0.1) is 0 Å². The molecule has 1 aliphatic rings. The molecular weight excluding hydrogens is 320 g/mol. The van der Waals surface area contributed by atoms with Crippen LogP contribution in [0.25, 0.3) is 6.08 Å². The number of aliphatic imine (C=N–C) groups is 1. The summed E-state index contributed by atoms with van der Waals surface area (Å²) in [6.45, 7) is 4.03. The van der Waals surface area contributed by atoms with E-state index in [0.717, 1.165) is 28.1 Å². The third-order valence-electron chi connectivity index (χ3n) is 3.63. The van der Waals surface area contributed by atoms with E-state index >= 15 is 0 Å². The van der Waals surface area contributed by atoms with Gasteiger partial charge >= 0.3 is 0 Å². The van der Waals surface area contributed by atoms with Crippen LogP contribution in [0.2, 0.25) is 0 Å². The molecule has 0 bridgehead atoms. The molecule has 2 aromatic carbocycles. The first kappa shape index (κ1) is 16.3. The Morgan fingerprint density at radius 3 is 2.79 bits per heavy atom. The maximum atomic E-state index is 12.2. The number of carbonyl (C=O) groups excluding carboxylic acids is 1. The van der Waals surface area contributed by atoms with E-state index in [1.165, 1.54) is 11.8 Å². The predicted molar refractivity (Wildman–Crippen MR) is 99.7 cm³/mol. The molecule has 24 heavy (non-hydrogen) atoms. The van der Waals surface area contributed by atoms with Crippen LogP contribution in [0, 0.1) is 13.8 Å². The van der Waals surface area contributed by atoms with Crippen molar-refractivity contribution in [1.82, 2.24) is 5.32 Å². The summed E-state index contributed by atoms with van der Waals surface area (Å²) >= 11 is 1.35. The summed E-state index contributed by atoms with van der Waals surface area (Å²) in [6.07, 6.45) is 1.84. The van der Waals surface area contributed by atoms with E-state index < -0.39 is 0 Å². The molecule has 2 aromatic rings. The molecule has 1 N–H and O–H groups in total. The Bertz CT molecular complexity index is 856. The number of amidine groups is 1. The lowest BCUT2D eigenvalue weighted by Crippen LogP contribution is -2.19. The number of amides is 1. The van der Waals surface area contributed by atoms with Gasteiger partial charge in [-0.3, -0.25) is 4.79 Å². The standard InChI is InChI=1S/C19H18N2O2S/c1-12-7-8-13(2)16(9-12)20-19-21-18(22)17(24-19)11-14-5-4-6-15(10-14)23-3/h4-11H,1-3H3,(H,20,21,22)/b17-11-. The van der Waals surface area contributed by atoms with Crippen molar-refractivity contribution in [3.8, 4) is 5.75 Å². The summed E-state index contributed by atoms with van der Waals surface area (Å²) < 4.78 is 5.21. The number of hydrogen-bond acceptors (Lipinski definition) is 4. The second-order valence-electron chi connectivity index (χ2n) is 5.55. The van der Waals surface area contributed by atoms with E-state index in [2.05, 4.69) is 10.3 Å². The molecule has 3 rings (SSSR count). The van der Waals surface area contributed by atoms with E-state index in [1.54, 1.807) is 7.11 Å². The van der Waals surface area contributed by atoms with Crippen molar-refractivity contribution in [3.63, 3.8) is 0 Å². The van der Waals surface area contributed by atoms with Gasteiger partial charge in [-0.25, -0.2) is 4.99 Å². The molecule has 0 aromatic heterocycles. The molecule has 0 saturated carbocycles. The molecule has 5 heteroatoms. The van der Waals surface area contributed by atoms with Crippen LogP contribution in [0.5, 0.6) is 5.75 Å². The topological polar surface area (TPSA) is 50.7 Å². The molecule has 0 spiro atoms. The van der Waals surface area contributed by atoms with Crippen molar-refractivity contribution in [2.75, 3.05) is 7.11 Å². The zero-order valence-corrected chi connectivity index (χ0v) is 14.6. The average Bonchev–Trinajstić information content (AvgIpc) is 2.90. The van der Waals surface area contributed by atoms with Crippen molar-refractivity contribution in [2.45, 2.75) is 13.8 Å². The average molecular weight is 338 g/mol. The highest BCUT2D eigenvalue weighted by Crippen LogP contribution is 2.30. The first-order valence-electron chi connectivity index (χ1n) is 7.56. The van der Waals surface area contributed by atoms with Gasteiger partial charge in [0, 0.05) is 0 Å². The number of nitrogens with zero attached hydrogens (tertiary/aromatic N) is 1. The van der Waals surface area contributed by atoms with Crippen LogP contribution in [-0.4, -0.2) is 18.2 Å². The second kappa shape index (κ2) is 6.93. The quantitative estimate of drug-likeness (QED) is 0.853. The van der Waals surface area contributed by atoms with Crippen LogP contribution in [0.1, 0.15) is 16.7 Å². The number of nitrogens with one attached hydrogen (secondary N) is 1. The van der Waals surface area contributed by atoms with Crippen molar-refractivity contribution < 1.29 is 9.53 Å². The highest BCUT2D eigenvalue weighted by molar-refractivity contribution is 8.18. The lowest BCUT2D eigenvalue weighted by Gasteiger charge is -2.02. The molecule has 122 valence electrons. The van der Waals surface area contributed by atoms with Crippen molar-refractivity contribution in [1.29, 1.82) is 0 Å². The Morgan fingerprint density at radius 2 is 2.00 bits per heavy atom. The predicted octanol–water partition coefficient (Wildman–Crippen LogP) is 4.20. The Morgan fingerprint density at radius 1 is 1.17 bits per heavy atom. The van der Waals surface area contributed by atoms with Gasteiger partial charge < -0.3 is 10.1 Å². The molecule has 1 heterocycles. The fourth-order valence-electron chi connectivity index (χ4n) is 2.31. The van der Waals surface area contributed by atoms with Crippen LogP contribution in [-0.2, 0) is 4.79 Å². The summed E-state index contributed by atoms with van der Waals surface area (Å²) in [4.78, 5) is 17.4. The number of carbonyl (C=O) groups is 1. The lowest BCUT2D eigenvalue weighted by atomic mass is 10.1. The monoisotopic (exact) mass is 338 g/mol. The largest absolute Gasteiger partial charge is 0.497 e. The van der Waals surface area contributed by atoms with E-state index in [-0.39, 0.29) is 5.91 Å². The van der Waals surface area contributed by atoms with E-state index in [1.807, 2.05) is 62.4 Å². The molecule has 0 radical (unpaired) electrons. The number of rotatable bonds is 3. The summed E-state index contributed by atoms with van der Waals surface area (Å²) in [6, 6.07) is 13.7. The van der Waals surface area contributed by atoms with Crippen molar-refractivity contribution in [3.05, 3.63) is 64.1 Å². The van der Waals surface area contributed by atoms with E-state index in [0.29, 0.717) is 10.1 Å². The molecule has 0 unspecified atom stereocenters. The Kier molecular flexibility index (Phi) is 4.71. The number of benzene rings is 2. The summed E-state index contributed by atoms with van der Waals surface area (Å²) in [5.74, 6) is 0.629. The SMILES string of the molecule is COc1cccc(/C=C2\SC(=Nc3cc(C)ccc3C)NC2=O)c1. The number of hydrogen-bond donors (Lipinski definition) is 1. The fourth-order valence-corrected chi connectivity index (χ4v) is 3.15. The minimum absolute atomic E-state index is 0.133. The van der Waals surface area contributed by atoms with Gasteiger partial charge in [0.15, 0.2) is 5.17 Å². The lowest BCUT2D eigenvalue weighted by molar-refractivity contribution is -0.115. The molecule has 1 fully saturated rings. The Labute approximate surface area is 145 Å². The van der Waals surface area contributed by atoms with Crippen LogP contribution < -0.4 is 10.1 Å². The van der Waals surface area contributed by atoms with Gasteiger partial charge in [0.25, 0.3) is 5.91 Å². The van der Waals surface area contributed by atoms with Gasteiger partial charge in [-0.05, 0) is 66.6 Å². The fraction of sp³-hybridized carbons (Fsp3) is 0.158. The number of ether oxygens (including phenoxy) is 1. The van der Waals surface area contributed by atoms with Crippen LogP contribution in [0.3, 0.4) is 0 Å². The Hall–Kier alpha value is -2.53. The van der Waals surface area contributed by atoms with Gasteiger partial charge in [-0.2, -0.15) is 0 Å². The first-order valence-corrected chi connectivity index (χ1v) is 8.38. The van der Waals surface area contributed by atoms with Crippen molar-refractivity contribution in [2.24, 2.45) is 4.99 Å². The minimum Gasteiger partial charge on any atom is -0.497 e. The summed E-state index contributed by atoms with van der Waals surface area (Å²) in [7, 11) is 1.62. The van der Waals surface area contributed by atoms with Crippen LogP contribution in [0.4, 0.5) is 5.69 Å². The molecule has 0 atom stereocenters. The van der Waals surface area contributed by atoms with Gasteiger partial charge in [0.05, 0.1) is 17.7 Å². The summed E-state index contributed by atoms with van der Waals surface area (Å²) in [5.41, 5.74) is 4.01. The highest BCUT2D eigenvalue weighted by atomic mass is 32.2. The second-order valence-corrected chi connectivity index (χ2v) is 6.58.